The number of nitrogens with zero attached hydrogens (tertiary/aromatic N) is 1. The average molecular weight is 336 g/mol. The van der Waals surface area contributed by atoms with Gasteiger partial charge in [0.05, 0.1) is 4.90 Å². The molecule has 2 N–H and O–H groups in total. The van der Waals surface area contributed by atoms with Crippen LogP contribution >= 0.6 is 0 Å². The molecule has 0 unspecified atom stereocenters. The molecule has 2 aliphatic carbocycles. The maximum absolute atomic E-state index is 13.0. The summed E-state index contributed by atoms with van der Waals surface area (Å²) in [5.74, 6) is -0.0487. The highest BCUT2D eigenvalue weighted by Crippen LogP contribution is 2.35. The molecule has 2 fully saturated rings. The second-order valence-electron chi connectivity index (χ2n) is 6.84. The summed E-state index contributed by atoms with van der Waals surface area (Å²) in [6.07, 6.45) is 6.53. The van der Waals surface area contributed by atoms with Crippen molar-refractivity contribution in [2.24, 2.45) is 5.14 Å². The first-order valence-electron chi connectivity index (χ1n) is 8.25. The first kappa shape index (κ1) is 16.5. The van der Waals surface area contributed by atoms with Gasteiger partial charge in [-0.3, -0.25) is 4.79 Å². The van der Waals surface area contributed by atoms with Gasteiger partial charge in [0, 0.05) is 17.6 Å². The Morgan fingerprint density at radius 3 is 2.00 bits per heavy atom. The Morgan fingerprint density at radius 1 is 1.09 bits per heavy atom. The molecular formula is C17H24N2O3S. The highest BCUT2D eigenvalue weighted by atomic mass is 32.2. The van der Waals surface area contributed by atoms with Crippen LogP contribution in [0, 0.1) is 13.8 Å². The van der Waals surface area contributed by atoms with Crippen LogP contribution in [0.4, 0.5) is 0 Å². The van der Waals surface area contributed by atoms with Gasteiger partial charge in [0.25, 0.3) is 5.91 Å². The van der Waals surface area contributed by atoms with E-state index in [2.05, 4.69) is 0 Å². The largest absolute Gasteiger partial charge is 0.333 e. The van der Waals surface area contributed by atoms with Crippen LogP contribution in [-0.4, -0.2) is 31.3 Å². The molecule has 1 aromatic carbocycles. The molecule has 0 atom stereocenters. The minimum Gasteiger partial charge on any atom is -0.333 e. The van der Waals surface area contributed by atoms with Crippen molar-refractivity contribution in [1.29, 1.82) is 0 Å². The van der Waals surface area contributed by atoms with E-state index in [4.69, 9.17) is 5.14 Å². The van der Waals surface area contributed by atoms with Gasteiger partial charge in [0.2, 0.25) is 10.0 Å². The van der Waals surface area contributed by atoms with E-state index >= 15 is 0 Å². The monoisotopic (exact) mass is 336 g/mol. The number of benzene rings is 1. The smallest absolute Gasteiger partial charge is 0.254 e. The highest BCUT2D eigenvalue weighted by molar-refractivity contribution is 7.89. The van der Waals surface area contributed by atoms with Crippen LogP contribution in [-0.2, 0) is 10.0 Å². The molecule has 2 aliphatic rings. The number of hydrogen-bond donors (Lipinski definition) is 1. The molecule has 0 aliphatic heterocycles. The lowest BCUT2D eigenvalue weighted by molar-refractivity contribution is 0.0285. The lowest BCUT2D eigenvalue weighted by Crippen LogP contribution is -2.52. The predicted molar refractivity (Wildman–Crippen MR) is 88.7 cm³/mol. The molecule has 126 valence electrons. The number of amides is 1. The van der Waals surface area contributed by atoms with Crippen LogP contribution in [0.2, 0.25) is 0 Å². The van der Waals surface area contributed by atoms with Crippen LogP contribution in [0.3, 0.4) is 0 Å². The Kier molecular flexibility index (Phi) is 4.23. The topological polar surface area (TPSA) is 80.5 Å². The van der Waals surface area contributed by atoms with Crippen LogP contribution in [0.15, 0.2) is 17.0 Å². The molecule has 0 spiro atoms. The Labute approximate surface area is 137 Å². The summed E-state index contributed by atoms with van der Waals surface area (Å²) in [5, 5.41) is 5.31. The maximum Gasteiger partial charge on any atom is 0.254 e. The average Bonchev–Trinajstić information content (AvgIpc) is 2.34. The fourth-order valence-corrected chi connectivity index (χ4v) is 4.23. The molecule has 23 heavy (non-hydrogen) atoms. The third-order valence-electron chi connectivity index (χ3n) is 5.34. The fraction of sp³-hybridized carbons (Fsp3) is 0.588. The molecule has 0 bridgehead atoms. The van der Waals surface area contributed by atoms with Crippen molar-refractivity contribution in [2.75, 3.05) is 0 Å². The third kappa shape index (κ3) is 3.02. The highest BCUT2D eigenvalue weighted by Gasteiger charge is 2.37. The second-order valence-corrected chi connectivity index (χ2v) is 8.37. The number of carbonyl (C=O) groups is 1. The standard InChI is InChI=1S/C17H24N2O3S/c1-11-9-13(10-16(12(11)2)23(18,21)22)17(20)19(14-5-3-6-14)15-7-4-8-15/h9-10,14-15H,3-8H2,1-2H3,(H2,18,21,22). The van der Waals surface area contributed by atoms with Crippen molar-refractivity contribution in [3.8, 4) is 0 Å². The summed E-state index contributed by atoms with van der Waals surface area (Å²) in [7, 11) is -3.83. The van der Waals surface area contributed by atoms with Gasteiger partial charge in [-0.05, 0) is 75.6 Å². The molecule has 0 aromatic heterocycles. The minimum absolute atomic E-state index is 0.0487. The van der Waals surface area contributed by atoms with E-state index in [1.165, 1.54) is 6.07 Å². The summed E-state index contributed by atoms with van der Waals surface area (Å²) in [4.78, 5) is 15.1. The van der Waals surface area contributed by atoms with Crippen LogP contribution in [0.1, 0.15) is 60.0 Å². The molecular weight excluding hydrogens is 312 g/mol. The van der Waals surface area contributed by atoms with Gasteiger partial charge in [-0.25, -0.2) is 13.6 Å². The van der Waals surface area contributed by atoms with Gasteiger partial charge >= 0.3 is 0 Å². The second kappa shape index (κ2) is 5.91. The first-order chi connectivity index (χ1) is 10.8. The molecule has 1 aromatic rings. The van der Waals surface area contributed by atoms with Gasteiger partial charge in [-0.2, -0.15) is 0 Å². The summed E-state index contributed by atoms with van der Waals surface area (Å²) >= 11 is 0. The zero-order valence-electron chi connectivity index (χ0n) is 13.7. The van der Waals surface area contributed by atoms with E-state index in [-0.39, 0.29) is 10.8 Å². The molecule has 0 heterocycles. The van der Waals surface area contributed by atoms with Gasteiger partial charge in [0.1, 0.15) is 0 Å². The molecule has 0 radical (unpaired) electrons. The van der Waals surface area contributed by atoms with Crippen LogP contribution in [0.5, 0.6) is 0 Å². The number of rotatable bonds is 4. The van der Waals surface area contributed by atoms with Crippen molar-refractivity contribution < 1.29 is 13.2 Å². The molecule has 0 saturated heterocycles. The number of primary sulfonamides is 1. The van der Waals surface area contributed by atoms with E-state index in [1.807, 2.05) is 11.8 Å². The molecule has 6 heteroatoms. The third-order valence-corrected chi connectivity index (χ3v) is 6.38. The quantitative estimate of drug-likeness (QED) is 0.917. The summed E-state index contributed by atoms with van der Waals surface area (Å²) in [6.45, 7) is 3.54. The SMILES string of the molecule is Cc1cc(C(=O)N(C2CCC2)C2CCC2)cc(S(N)(=O)=O)c1C. The van der Waals surface area contributed by atoms with Crippen molar-refractivity contribution in [3.05, 3.63) is 28.8 Å². The molecule has 2 saturated carbocycles. The lowest BCUT2D eigenvalue weighted by atomic mass is 9.84. The van der Waals surface area contributed by atoms with Crippen molar-refractivity contribution in [3.63, 3.8) is 0 Å². The molecule has 1 amide bonds. The minimum atomic E-state index is -3.83. The van der Waals surface area contributed by atoms with E-state index in [0.717, 1.165) is 44.1 Å². The summed E-state index contributed by atoms with van der Waals surface area (Å²) in [5.41, 5.74) is 1.83. The van der Waals surface area contributed by atoms with Gasteiger partial charge in [0.15, 0.2) is 0 Å². The Hall–Kier alpha value is -1.40. The van der Waals surface area contributed by atoms with Crippen LogP contribution in [0.25, 0.3) is 0 Å². The van der Waals surface area contributed by atoms with E-state index in [0.29, 0.717) is 23.2 Å². The Bertz CT molecular complexity index is 720. The Morgan fingerprint density at radius 2 is 1.61 bits per heavy atom. The molecule has 5 nitrogen and oxygen atoms in total. The van der Waals surface area contributed by atoms with Gasteiger partial charge in [-0.15, -0.1) is 0 Å². The lowest BCUT2D eigenvalue weighted by Gasteiger charge is -2.46. The van der Waals surface area contributed by atoms with E-state index in [1.54, 1.807) is 13.0 Å². The maximum atomic E-state index is 13.0. The van der Waals surface area contributed by atoms with Crippen molar-refractivity contribution in [1.82, 2.24) is 4.90 Å². The number of hydrogen-bond acceptors (Lipinski definition) is 3. The molecule has 3 rings (SSSR count). The fourth-order valence-electron chi connectivity index (χ4n) is 3.35. The number of aryl methyl sites for hydroxylation is 1. The zero-order valence-corrected chi connectivity index (χ0v) is 14.5. The van der Waals surface area contributed by atoms with Crippen molar-refractivity contribution >= 4 is 15.9 Å². The van der Waals surface area contributed by atoms with E-state index < -0.39 is 10.0 Å². The zero-order chi connectivity index (χ0) is 16.8. The van der Waals surface area contributed by atoms with E-state index in [9.17, 15) is 13.2 Å². The summed E-state index contributed by atoms with van der Waals surface area (Å²) < 4.78 is 23.6. The first-order valence-corrected chi connectivity index (χ1v) is 9.80. The van der Waals surface area contributed by atoms with Crippen molar-refractivity contribution in [2.45, 2.75) is 69.4 Å². The van der Waals surface area contributed by atoms with Gasteiger partial charge < -0.3 is 4.90 Å². The Balaban J connectivity index is 1.99. The normalized spacial score (nSPS) is 19.1. The van der Waals surface area contributed by atoms with Crippen LogP contribution < -0.4 is 5.14 Å². The predicted octanol–water partition coefficient (Wildman–Crippen LogP) is 2.50. The summed E-state index contributed by atoms with van der Waals surface area (Å²) in [6, 6.07) is 3.86. The number of carbonyl (C=O) groups excluding carboxylic acids is 1. The number of nitrogens with two attached hydrogens (primary N) is 1. The van der Waals surface area contributed by atoms with Gasteiger partial charge in [-0.1, -0.05) is 0 Å². The number of sulfonamides is 1.